The van der Waals surface area contributed by atoms with Crippen molar-refractivity contribution in [2.45, 2.75) is 19.5 Å². The van der Waals surface area contributed by atoms with E-state index in [1.54, 1.807) is 12.1 Å². The van der Waals surface area contributed by atoms with Crippen molar-refractivity contribution in [3.8, 4) is 11.5 Å². The van der Waals surface area contributed by atoms with Crippen LogP contribution >= 0.6 is 15.9 Å². The fraction of sp³-hybridized carbons (Fsp3) is 0.200. The number of phenolic OH excluding ortho intramolecular Hbond substituents is 2. The van der Waals surface area contributed by atoms with Gasteiger partial charge in [0.15, 0.2) is 11.5 Å². The Morgan fingerprint density at radius 1 is 1.16 bits per heavy atom. The molecule has 2 rings (SSSR count). The van der Waals surface area contributed by atoms with E-state index in [2.05, 4.69) is 34.2 Å². The molecule has 0 aliphatic heterocycles. The van der Waals surface area contributed by atoms with E-state index in [1.165, 1.54) is 6.07 Å². The molecule has 0 bridgehead atoms. The van der Waals surface area contributed by atoms with E-state index in [0.717, 1.165) is 10.0 Å². The highest BCUT2D eigenvalue weighted by atomic mass is 79.9. The van der Waals surface area contributed by atoms with E-state index in [0.29, 0.717) is 12.1 Å². The van der Waals surface area contributed by atoms with Gasteiger partial charge < -0.3 is 15.5 Å². The van der Waals surface area contributed by atoms with Gasteiger partial charge in [-0.15, -0.1) is 0 Å². The van der Waals surface area contributed by atoms with Crippen LogP contribution in [-0.4, -0.2) is 10.2 Å². The number of rotatable bonds is 4. The van der Waals surface area contributed by atoms with Gasteiger partial charge in [-0.1, -0.05) is 40.2 Å². The molecule has 1 atom stereocenters. The van der Waals surface area contributed by atoms with Gasteiger partial charge in [-0.2, -0.15) is 0 Å². The molecule has 2 aromatic rings. The topological polar surface area (TPSA) is 52.5 Å². The third kappa shape index (κ3) is 3.49. The van der Waals surface area contributed by atoms with E-state index >= 15 is 0 Å². The molecular weight excluding hydrogens is 306 g/mol. The van der Waals surface area contributed by atoms with E-state index in [1.807, 2.05) is 18.2 Å². The van der Waals surface area contributed by atoms with Crippen molar-refractivity contribution >= 4 is 15.9 Å². The van der Waals surface area contributed by atoms with Gasteiger partial charge in [-0.05, 0) is 30.7 Å². The van der Waals surface area contributed by atoms with Crippen LogP contribution in [-0.2, 0) is 6.54 Å². The molecule has 4 heteroatoms. The Morgan fingerprint density at radius 3 is 2.63 bits per heavy atom. The van der Waals surface area contributed by atoms with Crippen molar-refractivity contribution in [2.75, 3.05) is 0 Å². The molecule has 0 saturated carbocycles. The highest BCUT2D eigenvalue weighted by molar-refractivity contribution is 9.10. The van der Waals surface area contributed by atoms with Gasteiger partial charge in [-0.3, -0.25) is 0 Å². The molecule has 0 heterocycles. The Bertz CT molecular complexity index is 572. The van der Waals surface area contributed by atoms with E-state index in [4.69, 9.17) is 0 Å². The first-order valence-corrected chi connectivity index (χ1v) is 6.86. The summed E-state index contributed by atoms with van der Waals surface area (Å²) in [7, 11) is 0. The number of hydrogen-bond acceptors (Lipinski definition) is 3. The molecule has 0 radical (unpaired) electrons. The summed E-state index contributed by atoms with van der Waals surface area (Å²) in [6.45, 7) is 2.55. The third-order valence-corrected chi connectivity index (χ3v) is 3.54. The van der Waals surface area contributed by atoms with Crippen LogP contribution in [0.25, 0.3) is 0 Å². The number of nitrogens with one attached hydrogen (secondary N) is 1. The minimum absolute atomic E-state index is 0.0588. The molecule has 1 unspecified atom stereocenters. The Balaban J connectivity index is 2.04. The van der Waals surface area contributed by atoms with Gasteiger partial charge in [0.25, 0.3) is 0 Å². The van der Waals surface area contributed by atoms with Crippen LogP contribution in [0.5, 0.6) is 11.5 Å². The van der Waals surface area contributed by atoms with Crippen LogP contribution in [0.15, 0.2) is 46.9 Å². The van der Waals surface area contributed by atoms with Crippen LogP contribution in [0.1, 0.15) is 24.1 Å². The minimum atomic E-state index is -0.0885. The SMILES string of the molecule is CC(NCc1cccc(O)c1O)c1cccc(Br)c1. The summed E-state index contributed by atoms with van der Waals surface area (Å²) >= 11 is 3.45. The smallest absolute Gasteiger partial charge is 0.161 e. The predicted molar refractivity (Wildman–Crippen MR) is 79.2 cm³/mol. The van der Waals surface area contributed by atoms with Crippen LogP contribution in [0.2, 0.25) is 0 Å². The molecule has 0 aliphatic carbocycles. The zero-order valence-corrected chi connectivity index (χ0v) is 12.2. The van der Waals surface area contributed by atoms with Crippen molar-refractivity contribution in [1.29, 1.82) is 0 Å². The second-order valence-electron chi connectivity index (χ2n) is 4.44. The fourth-order valence-corrected chi connectivity index (χ4v) is 2.29. The van der Waals surface area contributed by atoms with E-state index < -0.39 is 0 Å². The Hall–Kier alpha value is -1.52. The van der Waals surface area contributed by atoms with Gasteiger partial charge in [0.05, 0.1) is 0 Å². The number of hydrogen-bond donors (Lipinski definition) is 3. The normalized spacial score (nSPS) is 12.3. The van der Waals surface area contributed by atoms with Gasteiger partial charge >= 0.3 is 0 Å². The Morgan fingerprint density at radius 2 is 1.89 bits per heavy atom. The highest BCUT2D eigenvalue weighted by Crippen LogP contribution is 2.28. The first-order chi connectivity index (χ1) is 9.08. The molecule has 0 spiro atoms. The van der Waals surface area contributed by atoms with Gasteiger partial charge in [0, 0.05) is 22.6 Å². The lowest BCUT2D eigenvalue weighted by molar-refractivity contribution is 0.396. The maximum atomic E-state index is 9.73. The van der Waals surface area contributed by atoms with Crippen LogP contribution in [0.4, 0.5) is 0 Å². The van der Waals surface area contributed by atoms with Gasteiger partial charge in [0.1, 0.15) is 0 Å². The summed E-state index contributed by atoms with van der Waals surface area (Å²) in [5.41, 5.74) is 1.84. The van der Waals surface area contributed by atoms with Crippen molar-refractivity contribution in [3.63, 3.8) is 0 Å². The maximum Gasteiger partial charge on any atom is 0.161 e. The number of aromatic hydroxyl groups is 2. The predicted octanol–water partition coefficient (Wildman–Crippen LogP) is 3.71. The van der Waals surface area contributed by atoms with Crippen molar-refractivity contribution < 1.29 is 10.2 Å². The van der Waals surface area contributed by atoms with Gasteiger partial charge in [0.2, 0.25) is 0 Å². The summed E-state index contributed by atoms with van der Waals surface area (Å²) in [5, 5.41) is 22.5. The van der Waals surface area contributed by atoms with Crippen LogP contribution in [0, 0.1) is 0 Å². The number of halogens is 1. The molecule has 0 amide bonds. The number of para-hydroxylation sites is 1. The lowest BCUT2D eigenvalue weighted by atomic mass is 10.1. The largest absolute Gasteiger partial charge is 0.504 e. The molecule has 0 aromatic heterocycles. The molecular formula is C15H16BrNO2. The quantitative estimate of drug-likeness (QED) is 0.752. The average Bonchev–Trinajstić information content (AvgIpc) is 2.40. The van der Waals surface area contributed by atoms with E-state index in [9.17, 15) is 10.2 Å². The van der Waals surface area contributed by atoms with E-state index in [-0.39, 0.29) is 17.5 Å². The van der Waals surface area contributed by atoms with Crippen LogP contribution in [0.3, 0.4) is 0 Å². The van der Waals surface area contributed by atoms with Crippen molar-refractivity contribution in [1.82, 2.24) is 5.32 Å². The van der Waals surface area contributed by atoms with Crippen molar-refractivity contribution in [3.05, 3.63) is 58.1 Å². The summed E-state index contributed by atoms with van der Waals surface area (Å²) < 4.78 is 1.04. The molecule has 100 valence electrons. The monoisotopic (exact) mass is 321 g/mol. The first kappa shape index (κ1) is 13.9. The standard InChI is InChI=1S/C15H16BrNO2/c1-10(11-4-2-6-13(16)8-11)17-9-12-5-3-7-14(18)15(12)19/h2-8,10,17-19H,9H2,1H3. The third-order valence-electron chi connectivity index (χ3n) is 3.05. The second-order valence-corrected chi connectivity index (χ2v) is 5.36. The number of phenols is 2. The fourth-order valence-electron chi connectivity index (χ4n) is 1.88. The first-order valence-electron chi connectivity index (χ1n) is 6.06. The lowest BCUT2D eigenvalue weighted by Crippen LogP contribution is -2.18. The lowest BCUT2D eigenvalue weighted by Gasteiger charge is -2.15. The molecule has 19 heavy (non-hydrogen) atoms. The molecule has 3 N–H and O–H groups in total. The average molecular weight is 322 g/mol. The molecule has 2 aromatic carbocycles. The Labute approximate surface area is 121 Å². The summed E-state index contributed by atoms with van der Waals surface area (Å²) in [6.07, 6.45) is 0. The molecule has 0 saturated heterocycles. The maximum absolute atomic E-state index is 9.73. The van der Waals surface area contributed by atoms with Crippen LogP contribution < -0.4 is 5.32 Å². The minimum Gasteiger partial charge on any atom is -0.504 e. The van der Waals surface area contributed by atoms with Gasteiger partial charge in [-0.25, -0.2) is 0 Å². The second kappa shape index (κ2) is 6.08. The van der Waals surface area contributed by atoms with Crippen molar-refractivity contribution in [2.24, 2.45) is 0 Å². The summed E-state index contributed by atoms with van der Waals surface area (Å²) in [5.74, 6) is -0.147. The Kier molecular flexibility index (Phi) is 4.45. The summed E-state index contributed by atoms with van der Waals surface area (Å²) in [6, 6.07) is 13.2. The zero-order valence-electron chi connectivity index (χ0n) is 10.6. The molecule has 0 aliphatic rings. The molecule has 3 nitrogen and oxygen atoms in total. The highest BCUT2D eigenvalue weighted by Gasteiger charge is 2.09. The summed E-state index contributed by atoms with van der Waals surface area (Å²) in [4.78, 5) is 0. The number of benzene rings is 2. The zero-order chi connectivity index (χ0) is 13.8. The molecule has 0 fully saturated rings.